The first-order valence-corrected chi connectivity index (χ1v) is 12.5. The van der Waals surface area contributed by atoms with Gasteiger partial charge in [0.15, 0.2) is 11.5 Å². The van der Waals surface area contributed by atoms with Crippen molar-refractivity contribution < 1.29 is 27.4 Å². The van der Waals surface area contributed by atoms with Gasteiger partial charge in [0.25, 0.3) is 10.0 Å². The highest BCUT2D eigenvalue weighted by molar-refractivity contribution is 7.92. The maximum absolute atomic E-state index is 13.4. The zero-order chi connectivity index (χ0) is 25.6. The Kier molecular flexibility index (Phi) is 8.71. The number of carbonyl (C=O) groups is 1. The molecule has 0 saturated heterocycles. The molecule has 35 heavy (non-hydrogen) atoms. The summed E-state index contributed by atoms with van der Waals surface area (Å²) in [6.45, 7) is -0.379. The second kappa shape index (κ2) is 11.5. The van der Waals surface area contributed by atoms with Crippen molar-refractivity contribution >= 4 is 44.8 Å². The van der Waals surface area contributed by atoms with Crippen LogP contribution in [-0.4, -0.2) is 42.2 Å². The molecule has 0 atom stereocenters. The first-order chi connectivity index (χ1) is 16.7. The van der Waals surface area contributed by atoms with E-state index in [2.05, 4.69) is 5.32 Å². The third-order valence-corrected chi connectivity index (χ3v) is 7.27. The number of sulfonamides is 1. The summed E-state index contributed by atoms with van der Waals surface area (Å²) in [6, 6.07) is 15.3. The number of hydrogen-bond donors (Lipinski definition) is 1. The number of halogens is 2. The topological polar surface area (TPSA) is 94.2 Å². The molecule has 0 aliphatic rings. The lowest BCUT2D eigenvalue weighted by Crippen LogP contribution is -2.40. The standard InChI is InChI=1S/C24H24Cl2N2O6S/c1-32-21-11-16(12-22(33-2)24(21)34-3)14-27-23(29)15-28(19-6-4-5-18(26)13-19)35(30,31)20-9-7-17(25)8-10-20/h4-13H,14-15H2,1-3H3,(H,27,29). The van der Waals surface area contributed by atoms with Crippen LogP contribution in [0.1, 0.15) is 5.56 Å². The molecule has 0 aromatic heterocycles. The van der Waals surface area contributed by atoms with Crippen LogP contribution in [-0.2, 0) is 21.4 Å². The molecule has 0 heterocycles. The molecule has 8 nitrogen and oxygen atoms in total. The Balaban J connectivity index is 1.86. The van der Waals surface area contributed by atoms with Gasteiger partial charge >= 0.3 is 0 Å². The lowest BCUT2D eigenvalue weighted by molar-refractivity contribution is -0.119. The van der Waals surface area contributed by atoms with Gasteiger partial charge in [-0.05, 0) is 60.2 Å². The molecular weight excluding hydrogens is 515 g/mol. The third-order valence-electron chi connectivity index (χ3n) is 5.00. The van der Waals surface area contributed by atoms with Crippen LogP contribution in [0.15, 0.2) is 65.6 Å². The number of ether oxygens (including phenoxy) is 3. The van der Waals surface area contributed by atoms with Crippen LogP contribution in [0.5, 0.6) is 17.2 Å². The highest BCUT2D eigenvalue weighted by Gasteiger charge is 2.27. The predicted octanol–water partition coefficient (Wildman–Crippen LogP) is 4.53. The maximum atomic E-state index is 13.4. The molecule has 11 heteroatoms. The number of amides is 1. The summed E-state index contributed by atoms with van der Waals surface area (Å²) >= 11 is 12.0. The van der Waals surface area contributed by atoms with Crippen LogP contribution in [0.4, 0.5) is 5.69 Å². The number of benzene rings is 3. The van der Waals surface area contributed by atoms with Crippen LogP contribution in [0.3, 0.4) is 0 Å². The molecule has 0 fully saturated rings. The van der Waals surface area contributed by atoms with Crippen molar-refractivity contribution in [3.63, 3.8) is 0 Å². The van der Waals surface area contributed by atoms with Gasteiger partial charge < -0.3 is 19.5 Å². The molecule has 0 aliphatic heterocycles. The number of methoxy groups -OCH3 is 3. The second-order valence-electron chi connectivity index (χ2n) is 7.26. The molecule has 3 aromatic carbocycles. The molecule has 186 valence electrons. The molecule has 0 unspecified atom stereocenters. The van der Waals surface area contributed by atoms with E-state index >= 15 is 0 Å². The van der Waals surface area contributed by atoms with Gasteiger partial charge in [-0.1, -0.05) is 29.3 Å². The monoisotopic (exact) mass is 538 g/mol. The van der Waals surface area contributed by atoms with Crippen molar-refractivity contribution in [3.8, 4) is 17.2 Å². The fourth-order valence-electron chi connectivity index (χ4n) is 3.30. The zero-order valence-corrected chi connectivity index (χ0v) is 21.6. The molecular formula is C24H24Cl2N2O6S. The van der Waals surface area contributed by atoms with E-state index in [4.69, 9.17) is 37.4 Å². The molecule has 0 aliphatic carbocycles. The minimum atomic E-state index is -4.10. The SMILES string of the molecule is COc1cc(CNC(=O)CN(c2cccc(Cl)c2)S(=O)(=O)c2ccc(Cl)cc2)cc(OC)c1OC. The van der Waals surface area contributed by atoms with E-state index in [0.717, 1.165) is 4.31 Å². The lowest BCUT2D eigenvalue weighted by Gasteiger charge is -2.24. The average molecular weight is 539 g/mol. The summed E-state index contributed by atoms with van der Waals surface area (Å²) in [5, 5.41) is 3.46. The minimum Gasteiger partial charge on any atom is -0.493 e. The summed E-state index contributed by atoms with van der Waals surface area (Å²) < 4.78 is 43.8. The van der Waals surface area contributed by atoms with E-state index in [0.29, 0.717) is 32.9 Å². The summed E-state index contributed by atoms with van der Waals surface area (Å²) in [7, 11) is 0.377. The number of rotatable bonds is 10. The lowest BCUT2D eigenvalue weighted by atomic mass is 10.1. The van der Waals surface area contributed by atoms with E-state index in [-0.39, 0.29) is 17.1 Å². The highest BCUT2D eigenvalue weighted by atomic mass is 35.5. The van der Waals surface area contributed by atoms with Crippen LogP contribution in [0.2, 0.25) is 10.0 Å². The molecule has 1 amide bonds. The van der Waals surface area contributed by atoms with Crippen LogP contribution < -0.4 is 23.8 Å². The summed E-state index contributed by atoms with van der Waals surface area (Å²) in [5.74, 6) is 0.756. The Labute approximate surface area is 214 Å². The largest absolute Gasteiger partial charge is 0.493 e. The number of anilines is 1. The third kappa shape index (κ3) is 6.30. The fraction of sp³-hybridized carbons (Fsp3) is 0.208. The van der Waals surface area contributed by atoms with Gasteiger partial charge in [0.2, 0.25) is 11.7 Å². The van der Waals surface area contributed by atoms with Crippen molar-refractivity contribution in [2.24, 2.45) is 0 Å². The number of nitrogens with zero attached hydrogens (tertiary/aromatic N) is 1. The van der Waals surface area contributed by atoms with E-state index in [1.807, 2.05) is 0 Å². The Morgan fingerprint density at radius 3 is 2.06 bits per heavy atom. The summed E-state index contributed by atoms with van der Waals surface area (Å²) in [4.78, 5) is 12.9. The van der Waals surface area contributed by atoms with E-state index in [1.54, 1.807) is 30.3 Å². The summed E-state index contributed by atoms with van der Waals surface area (Å²) in [6.07, 6.45) is 0. The van der Waals surface area contributed by atoms with Gasteiger partial charge in [0, 0.05) is 16.6 Å². The van der Waals surface area contributed by atoms with Gasteiger partial charge in [-0.3, -0.25) is 9.10 Å². The average Bonchev–Trinajstić information content (AvgIpc) is 2.85. The molecule has 0 saturated carbocycles. The zero-order valence-electron chi connectivity index (χ0n) is 19.2. The number of hydrogen-bond acceptors (Lipinski definition) is 6. The molecule has 0 spiro atoms. The Hall–Kier alpha value is -3.14. The first kappa shape index (κ1) is 26.5. The Morgan fingerprint density at radius 2 is 1.51 bits per heavy atom. The normalized spacial score (nSPS) is 11.0. The predicted molar refractivity (Wildman–Crippen MR) is 135 cm³/mol. The smallest absolute Gasteiger partial charge is 0.264 e. The first-order valence-electron chi connectivity index (χ1n) is 10.3. The molecule has 1 N–H and O–H groups in total. The van der Waals surface area contributed by atoms with Gasteiger partial charge in [0.1, 0.15) is 6.54 Å². The van der Waals surface area contributed by atoms with Crippen molar-refractivity contribution in [1.82, 2.24) is 5.32 Å². The molecule has 0 radical (unpaired) electrons. The van der Waals surface area contributed by atoms with Crippen molar-refractivity contribution in [1.29, 1.82) is 0 Å². The van der Waals surface area contributed by atoms with Crippen molar-refractivity contribution in [2.45, 2.75) is 11.4 Å². The Bertz CT molecular complexity index is 1270. The van der Waals surface area contributed by atoms with Crippen molar-refractivity contribution in [2.75, 3.05) is 32.2 Å². The van der Waals surface area contributed by atoms with E-state index in [9.17, 15) is 13.2 Å². The van der Waals surface area contributed by atoms with Crippen molar-refractivity contribution in [3.05, 3.63) is 76.3 Å². The van der Waals surface area contributed by atoms with Gasteiger partial charge in [-0.2, -0.15) is 0 Å². The Morgan fingerprint density at radius 1 is 0.886 bits per heavy atom. The van der Waals surface area contributed by atoms with Crippen LogP contribution in [0, 0.1) is 0 Å². The van der Waals surface area contributed by atoms with Gasteiger partial charge in [-0.25, -0.2) is 8.42 Å². The number of nitrogens with one attached hydrogen (secondary N) is 1. The van der Waals surface area contributed by atoms with Crippen LogP contribution >= 0.6 is 23.2 Å². The maximum Gasteiger partial charge on any atom is 0.264 e. The summed E-state index contributed by atoms with van der Waals surface area (Å²) in [5.41, 5.74) is 0.915. The van der Waals surface area contributed by atoms with Gasteiger partial charge in [0.05, 0.1) is 31.9 Å². The molecule has 0 bridgehead atoms. The minimum absolute atomic E-state index is 0.0145. The van der Waals surface area contributed by atoms with Crippen LogP contribution in [0.25, 0.3) is 0 Å². The molecule has 3 rings (SSSR count). The quantitative estimate of drug-likeness (QED) is 0.407. The number of carbonyl (C=O) groups excluding carboxylic acids is 1. The molecule has 3 aromatic rings. The van der Waals surface area contributed by atoms with E-state index in [1.165, 1.54) is 51.7 Å². The fourth-order valence-corrected chi connectivity index (χ4v) is 5.03. The van der Waals surface area contributed by atoms with Gasteiger partial charge in [-0.15, -0.1) is 0 Å². The van der Waals surface area contributed by atoms with E-state index < -0.39 is 22.5 Å². The highest BCUT2D eigenvalue weighted by Crippen LogP contribution is 2.38. The second-order valence-corrected chi connectivity index (χ2v) is 9.99.